The molecule has 0 bridgehead atoms. The largest absolute Gasteiger partial charge is 0.498 e. The summed E-state index contributed by atoms with van der Waals surface area (Å²) in [6.07, 6.45) is 11.3. The minimum Gasteiger partial charge on any atom is -0.466 e. The highest BCUT2D eigenvalue weighted by molar-refractivity contribution is 9.11. The lowest BCUT2D eigenvalue weighted by molar-refractivity contribution is -0.145. The smallest absolute Gasteiger partial charge is 0.466 e. The van der Waals surface area contributed by atoms with Crippen LogP contribution in [0.2, 0.25) is 0 Å². The summed E-state index contributed by atoms with van der Waals surface area (Å²) in [5.74, 6) is 5.63. The number of nitrogens with two attached hydrogens (primary N) is 1. The Morgan fingerprint density at radius 1 is 0.881 bits per heavy atom. The number of hydrogen-bond donors (Lipinski definition) is 4. The monoisotopic (exact) mass is 943 g/mol. The van der Waals surface area contributed by atoms with Crippen LogP contribution < -0.4 is 22.1 Å². The van der Waals surface area contributed by atoms with Crippen LogP contribution in [0.25, 0.3) is 0 Å². The molecule has 1 saturated heterocycles. The number of anilines is 1. The number of aryl methyl sites for hydroxylation is 3. The van der Waals surface area contributed by atoms with Crippen LogP contribution in [0.4, 0.5) is 5.82 Å². The summed E-state index contributed by atoms with van der Waals surface area (Å²) in [6.45, 7) is 17.5. The first-order valence-electron chi connectivity index (χ1n) is 20.3. The minimum atomic E-state index is -0.440. The SMILES string of the molecule is CCOC(=O)CC(C)=O.CNc1nc(C2CC2)nc(C)c1Br.Cc1nc(C2CC2)[nH]c(=O)c1Br.Cc1nc(C2CC2)ncc1B1OC(C)(C)C(C)(C)O1.N=C(N)C1CC1. The fourth-order valence-electron chi connectivity index (χ4n) is 5.46. The van der Waals surface area contributed by atoms with Gasteiger partial charge in [-0.15, -0.1) is 0 Å². The predicted octanol–water partition coefficient (Wildman–Crippen LogP) is 7.01. The third kappa shape index (κ3) is 14.5. The zero-order valence-electron chi connectivity index (χ0n) is 36.1. The fraction of sp³-hybridized carbons (Fsp3) is 0.634. The number of amidine groups is 1. The third-order valence-electron chi connectivity index (χ3n) is 10.4. The Morgan fingerprint density at radius 3 is 1.83 bits per heavy atom. The maximum Gasteiger partial charge on any atom is 0.498 e. The van der Waals surface area contributed by atoms with Crippen LogP contribution in [-0.4, -0.2) is 79.5 Å². The summed E-state index contributed by atoms with van der Waals surface area (Å²) in [7, 11) is 1.52. The number of carbonyl (C=O) groups excluding carboxylic acids is 2. The number of Topliss-reactive ketones (excluding diaryl/α,β-unsaturated/α-hetero) is 1. The molecule has 8 rings (SSSR count). The number of H-pyrrole nitrogens is 1. The molecule has 5 aliphatic rings. The molecule has 5 N–H and O–H groups in total. The third-order valence-corrected chi connectivity index (χ3v) is 12.3. The highest BCUT2D eigenvalue weighted by Crippen LogP contribution is 2.40. The number of rotatable bonds is 9. The second-order valence-corrected chi connectivity index (χ2v) is 18.1. The number of ether oxygens (including phenoxy) is 1. The first-order chi connectivity index (χ1) is 27.7. The van der Waals surface area contributed by atoms with Gasteiger partial charge in [-0.1, -0.05) is 0 Å². The number of carbonyl (C=O) groups is 2. The summed E-state index contributed by atoms with van der Waals surface area (Å²) in [6, 6.07) is 0. The Kier molecular flexibility index (Phi) is 16.9. The number of nitrogens with one attached hydrogen (secondary N) is 3. The molecule has 0 unspecified atom stereocenters. The maximum atomic E-state index is 11.3. The lowest BCUT2D eigenvalue weighted by Crippen LogP contribution is -2.41. The molecule has 0 atom stereocenters. The topological polar surface area (TPSA) is 221 Å². The van der Waals surface area contributed by atoms with E-state index in [1.165, 1.54) is 32.6 Å². The van der Waals surface area contributed by atoms with Crippen molar-refractivity contribution in [3.63, 3.8) is 0 Å². The molecular formula is C41H60BBr2N9O6. The molecule has 15 nitrogen and oxygen atoms in total. The van der Waals surface area contributed by atoms with Crippen LogP contribution in [0, 0.1) is 32.1 Å². The molecule has 4 saturated carbocycles. The highest BCUT2D eigenvalue weighted by Gasteiger charge is 2.52. The molecule has 0 radical (unpaired) electrons. The van der Waals surface area contributed by atoms with Gasteiger partial charge in [0, 0.05) is 48.1 Å². The van der Waals surface area contributed by atoms with Crippen LogP contribution >= 0.6 is 31.9 Å². The van der Waals surface area contributed by atoms with E-state index in [-0.39, 0.29) is 36.1 Å². The average molecular weight is 946 g/mol. The number of ketones is 1. The van der Waals surface area contributed by atoms with E-state index in [1.807, 2.05) is 34.0 Å². The van der Waals surface area contributed by atoms with Gasteiger partial charge in [-0.2, -0.15) is 0 Å². The van der Waals surface area contributed by atoms with Gasteiger partial charge < -0.3 is 30.1 Å². The Balaban J connectivity index is 0.000000171. The number of aromatic amines is 1. The predicted molar refractivity (Wildman–Crippen MR) is 236 cm³/mol. The Labute approximate surface area is 364 Å². The molecule has 322 valence electrons. The molecule has 18 heteroatoms. The zero-order valence-corrected chi connectivity index (χ0v) is 39.2. The van der Waals surface area contributed by atoms with Crippen molar-refractivity contribution in [3.8, 4) is 0 Å². The van der Waals surface area contributed by atoms with E-state index in [0.717, 1.165) is 76.0 Å². The number of hydrogen-bond acceptors (Lipinski definition) is 13. The lowest BCUT2D eigenvalue weighted by atomic mass is 9.79. The van der Waals surface area contributed by atoms with E-state index in [2.05, 4.69) is 99.5 Å². The normalized spacial score (nSPS) is 18.3. The van der Waals surface area contributed by atoms with E-state index in [0.29, 0.717) is 40.6 Å². The number of aromatic nitrogens is 6. The van der Waals surface area contributed by atoms with E-state index in [9.17, 15) is 14.4 Å². The number of esters is 1. The zero-order chi connectivity index (χ0) is 43.8. The van der Waals surface area contributed by atoms with Gasteiger partial charge in [-0.05, 0) is 146 Å². The van der Waals surface area contributed by atoms with E-state index in [1.54, 1.807) is 6.92 Å². The van der Waals surface area contributed by atoms with Gasteiger partial charge in [0.1, 0.15) is 40.0 Å². The minimum absolute atomic E-state index is 0.0654. The van der Waals surface area contributed by atoms with Gasteiger partial charge in [0.15, 0.2) is 0 Å². The molecule has 3 aromatic heterocycles. The average Bonchev–Trinajstić information content (AvgIpc) is 3.98. The van der Waals surface area contributed by atoms with Gasteiger partial charge in [0.2, 0.25) is 0 Å². The van der Waals surface area contributed by atoms with Crippen molar-refractivity contribution in [2.45, 2.75) is 149 Å². The van der Waals surface area contributed by atoms with Gasteiger partial charge >= 0.3 is 13.1 Å². The fourth-order valence-corrected chi connectivity index (χ4v) is 6.02. The van der Waals surface area contributed by atoms with Crippen LogP contribution in [-0.2, 0) is 23.6 Å². The van der Waals surface area contributed by atoms with E-state index in [4.69, 9.17) is 20.5 Å². The standard InChI is InChI=1S/C14H21BN2O2.C9H12BrN3.C8H9BrN2O.C6H10O3.C4H8N2/c1-9-11(8-16-12(17-9)10-6-7-10)15-18-13(2,3)14(4,5)19-15;1-5-7(10)9(11-2)13-8(12-5)6-3-4-6;1-4-6(9)8(12)11-7(10-4)5-2-3-5;1-3-9-6(8)4-5(2)7;5-4(6)3-1-2-3/h8,10H,6-7H2,1-5H3;6H,3-4H2,1-2H3,(H,11,12,13);5H,2-3H2,1H3,(H,10,11,12);3-4H2,1-2H3;3H,1-2H2,(H3,5,6). The second-order valence-electron chi connectivity index (χ2n) is 16.5. The van der Waals surface area contributed by atoms with Crippen molar-refractivity contribution in [2.75, 3.05) is 19.0 Å². The molecule has 0 spiro atoms. The van der Waals surface area contributed by atoms with Crippen molar-refractivity contribution in [1.82, 2.24) is 29.9 Å². The summed E-state index contributed by atoms with van der Waals surface area (Å²) < 4.78 is 18.1. The van der Waals surface area contributed by atoms with Crippen molar-refractivity contribution in [1.29, 1.82) is 5.41 Å². The quantitative estimate of drug-likeness (QED) is 0.0559. The molecule has 4 aliphatic carbocycles. The first-order valence-corrected chi connectivity index (χ1v) is 21.9. The van der Waals surface area contributed by atoms with Crippen molar-refractivity contribution < 1.29 is 23.6 Å². The lowest BCUT2D eigenvalue weighted by Gasteiger charge is -2.32. The van der Waals surface area contributed by atoms with Crippen LogP contribution in [0.1, 0.15) is 152 Å². The summed E-state index contributed by atoms with van der Waals surface area (Å²) in [4.78, 5) is 56.9. The van der Waals surface area contributed by atoms with Gasteiger partial charge in [-0.3, -0.25) is 19.8 Å². The van der Waals surface area contributed by atoms with Crippen LogP contribution in [0.3, 0.4) is 0 Å². The van der Waals surface area contributed by atoms with E-state index >= 15 is 0 Å². The summed E-state index contributed by atoms with van der Waals surface area (Å²) in [5, 5.41) is 9.85. The van der Waals surface area contributed by atoms with Crippen LogP contribution in [0.5, 0.6) is 0 Å². The second kappa shape index (κ2) is 20.8. The molecule has 0 amide bonds. The van der Waals surface area contributed by atoms with Gasteiger partial charge in [0.25, 0.3) is 5.56 Å². The van der Waals surface area contributed by atoms with Crippen molar-refractivity contribution in [2.24, 2.45) is 11.7 Å². The molecule has 4 heterocycles. The van der Waals surface area contributed by atoms with Crippen molar-refractivity contribution >= 4 is 67.8 Å². The summed E-state index contributed by atoms with van der Waals surface area (Å²) in [5.41, 5.74) is 8.08. The van der Waals surface area contributed by atoms with Gasteiger partial charge in [0.05, 0.1) is 39.5 Å². The molecule has 59 heavy (non-hydrogen) atoms. The van der Waals surface area contributed by atoms with E-state index < -0.39 is 5.97 Å². The van der Waals surface area contributed by atoms with Gasteiger partial charge in [-0.25, -0.2) is 24.9 Å². The molecule has 0 aromatic carbocycles. The summed E-state index contributed by atoms with van der Waals surface area (Å²) >= 11 is 6.63. The molecular weight excluding hydrogens is 885 g/mol. The highest BCUT2D eigenvalue weighted by atomic mass is 79.9. The Hall–Kier alpha value is -3.61. The maximum absolute atomic E-state index is 11.3. The van der Waals surface area contributed by atoms with Crippen LogP contribution in [0.15, 0.2) is 19.9 Å². The number of halogens is 2. The molecule has 3 aromatic rings. The first kappa shape index (κ1) is 48.1. The molecule has 1 aliphatic heterocycles. The van der Waals surface area contributed by atoms with Crippen molar-refractivity contribution in [3.05, 3.63) is 60.1 Å². The molecule has 5 fully saturated rings. The Morgan fingerprint density at radius 2 is 1.41 bits per heavy atom. The Bertz CT molecular complexity index is 2020. The number of nitrogens with zero attached hydrogens (tertiary/aromatic N) is 5.